The van der Waals surface area contributed by atoms with E-state index in [-0.39, 0.29) is 11.9 Å². The SMILES string of the molecule is Cc1ccc(C(=O)N(C)C(C)c2ccccc2)cc1. The van der Waals surface area contributed by atoms with Crippen LogP contribution in [-0.2, 0) is 0 Å². The molecule has 1 unspecified atom stereocenters. The maximum Gasteiger partial charge on any atom is 0.254 e. The molecular weight excluding hydrogens is 234 g/mol. The fraction of sp³-hybridized carbons (Fsp3) is 0.235. The molecule has 0 aliphatic rings. The van der Waals surface area contributed by atoms with Gasteiger partial charge in [-0.1, -0.05) is 48.0 Å². The Morgan fingerprint density at radius 3 is 2.16 bits per heavy atom. The first-order valence-electron chi connectivity index (χ1n) is 6.48. The van der Waals surface area contributed by atoms with Crippen molar-refractivity contribution in [3.63, 3.8) is 0 Å². The van der Waals surface area contributed by atoms with Crippen LogP contribution in [-0.4, -0.2) is 17.9 Å². The summed E-state index contributed by atoms with van der Waals surface area (Å²) in [5.74, 6) is 0.0522. The molecule has 0 saturated heterocycles. The lowest BCUT2D eigenvalue weighted by molar-refractivity contribution is 0.0742. The van der Waals surface area contributed by atoms with E-state index >= 15 is 0 Å². The van der Waals surface area contributed by atoms with E-state index in [0.29, 0.717) is 0 Å². The van der Waals surface area contributed by atoms with Crippen LogP contribution < -0.4 is 0 Å². The van der Waals surface area contributed by atoms with Crippen molar-refractivity contribution in [2.24, 2.45) is 0 Å². The number of hydrogen-bond acceptors (Lipinski definition) is 1. The van der Waals surface area contributed by atoms with Crippen LogP contribution in [0.5, 0.6) is 0 Å². The molecule has 0 fully saturated rings. The molecule has 2 nitrogen and oxygen atoms in total. The molecule has 2 aromatic rings. The highest BCUT2D eigenvalue weighted by Crippen LogP contribution is 2.20. The average Bonchev–Trinajstić information content (AvgIpc) is 2.46. The van der Waals surface area contributed by atoms with E-state index < -0.39 is 0 Å². The minimum absolute atomic E-state index is 0.0522. The van der Waals surface area contributed by atoms with E-state index in [1.54, 1.807) is 4.90 Å². The summed E-state index contributed by atoms with van der Waals surface area (Å²) in [6, 6.07) is 17.8. The van der Waals surface area contributed by atoms with Crippen LogP contribution in [0.25, 0.3) is 0 Å². The van der Waals surface area contributed by atoms with E-state index in [1.807, 2.05) is 75.5 Å². The van der Waals surface area contributed by atoms with Crippen molar-refractivity contribution in [3.05, 3.63) is 71.3 Å². The Morgan fingerprint density at radius 2 is 1.58 bits per heavy atom. The standard InChI is InChI=1S/C17H19NO/c1-13-9-11-16(12-10-13)17(19)18(3)14(2)15-7-5-4-6-8-15/h4-12,14H,1-3H3. The van der Waals surface area contributed by atoms with Crippen molar-refractivity contribution in [3.8, 4) is 0 Å². The highest BCUT2D eigenvalue weighted by molar-refractivity contribution is 5.94. The van der Waals surface area contributed by atoms with Crippen molar-refractivity contribution < 1.29 is 4.79 Å². The van der Waals surface area contributed by atoms with Gasteiger partial charge in [0.05, 0.1) is 6.04 Å². The lowest BCUT2D eigenvalue weighted by Crippen LogP contribution is -2.29. The van der Waals surface area contributed by atoms with Crippen LogP contribution >= 0.6 is 0 Å². The first kappa shape index (κ1) is 13.3. The van der Waals surface area contributed by atoms with Crippen LogP contribution in [0.1, 0.15) is 34.5 Å². The van der Waals surface area contributed by atoms with Crippen molar-refractivity contribution >= 4 is 5.91 Å². The summed E-state index contributed by atoms with van der Waals surface area (Å²) in [6.45, 7) is 4.06. The maximum absolute atomic E-state index is 12.4. The zero-order valence-electron chi connectivity index (χ0n) is 11.6. The summed E-state index contributed by atoms with van der Waals surface area (Å²) < 4.78 is 0. The molecule has 0 aliphatic heterocycles. The normalized spacial score (nSPS) is 11.9. The van der Waals surface area contributed by atoms with Crippen LogP contribution in [0.15, 0.2) is 54.6 Å². The Morgan fingerprint density at radius 1 is 1.00 bits per heavy atom. The van der Waals surface area contributed by atoms with Gasteiger partial charge in [0.1, 0.15) is 0 Å². The summed E-state index contributed by atoms with van der Waals surface area (Å²) in [4.78, 5) is 14.2. The summed E-state index contributed by atoms with van der Waals surface area (Å²) in [5, 5.41) is 0. The molecule has 19 heavy (non-hydrogen) atoms. The number of benzene rings is 2. The van der Waals surface area contributed by atoms with E-state index in [4.69, 9.17) is 0 Å². The molecule has 0 N–H and O–H groups in total. The Bertz CT molecular complexity index is 545. The highest BCUT2D eigenvalue weighted by Gasteiger charge is 2.18. The predicted octanol–water partition coefficient (Wildman–Crippen LogP) is 3.83. The molecule has 1 atom stereocenters. The fourth-order valence-corrected chi connectivity index (χ4v) is 2.03. The Labute approximate surface area is 114 Å². The second-order valence-electron chi connectivity index (χ2n) is 4.87. The van der Waals surface area contributed by atoms with Gasteiger partial charge in [0.15, 0.2) is 0 Å². The summed E-state index contributed by atoms with van der Waals surface area (Å²) >= 11 is 0. The fourth-order valence-electron chi connectivity index (χ4n) is 2.03. The molecule has 0 aliphatic carbocycles. The van der Waals surface area contributed by atoms with Gasteiger partial charge in [-0.15, -0.1) is 0 Å². The van der Waals surface area contributed by atoms with Crippen molar-refractivity contribution in [1.29, 1.82) is 0 Å². The highest BCUT2D eigenvalue weighted by atomic mass is 16.2. The quantitative estimate of drug-likeness (QED) is 0.814. The molecule has 0 heterocycles. The summed E-state index contributed by atoms with van der Waals surface area (Å²) in [7, 11) is 1.85. The smallest absolute Gasteiger partial charge is 0.254 e. The average molecular weight is 253 g/mol. The zero-order chi connectivity index (χ0) is 13.8. The molecule has 2 heteroatoms. The summed E-state index contributed by atoms with van der Waals surface area (Å²) in [5.41, 5.74) is 3.04. The molecule has 0 radical (unpaired) electrons. The Hall–Kier alpha value is -2.09. The van der Waals surface area contributed by atoms with Crippen LogP contribution in [0.3, 0.4) is 0 Å². The van der Waals surface area contributed by atoms with Crippen molar-refractivity contribution in [2.75, 3.05) is 7.05 Å². The van der Waals surface area contributed by atoms with Gasteiger partial charge >= 0.3 is 0 Å². The third-order valence-electron chi connectivity index (χ3n) is 3.48. The molecule has 0 aromatic heterocycles. The molecule has 0 saturated carbocycles. The van der Waals surface area contributed by atoms with Gasteiger partial charge in [0.25, 0.3) is 5.91 Å². The molecule has 2 rings (SSSR count). The second kappa shape index (κ2) is 5.70. The van der Waals surface area contributed by atoms with Gasteiger partial charge in [-0.25, -0.2) is 0 Å². The van der Waals surface area contributed by atoms with Crippen LogP contribution in [0, 0.1) is 6.92 Å². The van der Waals surface area contributed by atoms with Gasteiger partial charge in [0, 0.05) is 12.6 Å². The minimum Gasteiger partial charge on any atom is -0.335 e. The zero-order valence-corrected chi connectivity index (χ0v) is 11.6. The molecule has 0 spiro atoms. The minimum atomic E-state index is 0.0522. The maximum atomic E-state index is 12.4. The first-order valence-corrected chi connectivity index (χ1v) is 6.48. The number of amides is 1. The van der Waals surface area contributed by atoms with E-state index in [9.17, 15) is 4.79 Å². The van der Waals surface area contributed by atoms with Gasteiger partial charge < -0.3 is 4.90 Å². The Kier molecular flexibility index (Phi) is 4.00. The number of carbonyl (C=O) groups is 1. The van der Waals surface area contributed by atoms with Gasteiger partial charge in [-0.05, 0) is 31.5 Å². The van der Waals surface area contributed by atoms with Gasteiger partial charge in [-0.3, -0.25) is 4.79 Å². The molecule has 0 bridgehead atoms. The largest absolute Gasteiger partial charge is 0.335 e. The van der Waals surface area contributed by atoms with Crippen molar-refractivity contribution in [1.82, 2.24) is 4.90 Å². The summed E-state index contributed by atoms with van der Waals surface area (Å²) in [6.07, 6.45) is 0. The monoisotopic (exact) mass is 253 g/mol. The molecule has 2 aromatic carbocycles. The van der Waals surface area contributed by atoms with E-state index in [0.717, 1.165) is 16.7 Å². The molecular formula is C17H19NO. The number of nitrogens with zero attached hydrogens (tertiary/aromatic N) is 1. The number of rotatable bonds is 3. The lowest BCUT2D eigenvalue weighted by Gasteiger charge is -2.25. The van der Waals surface area contributed by atoms with Crippen LogP contribution in [0.4, 0.5) is 0 Å². The Balaban J connectivity index is 2.17. The van der Waals surface area contributed by atoms with Gasteiger partial charge in [-0.2, -0.15) is 0 Å². The number of aryl methyl sites for hydroxylation is 1. The second-order valence-corrected chi connectivity index (χ2v) is 4.87. The van der Waals surface area contributed by atoms with Gasteiger partial charge in [0.2, 0.25) is 0 Å². The number of carbonyl (C=O) groups excluding carboxylic acids is 1. The topological polar surface area (TPSA) is 20.3 Å². The third-order valence-corrected chi connectivity index (χ3v) is 3.48. The predicted molar refractivity (Wildman–Crippen MR) is 78.1 cm³/mol. The first-order chi connectivity index (χ1) is 9.09. The van der Waals surface area contributed by atoms with Crippen LogP contribution in [0.2, 0.25) is 0 Å². The van der Waals surface area contributed by atoms with Crippen molar-refractivity contribution in [2.45, 2.75) is 19.9 Å². The third kappa shape index (κ3) is 3.02. The number of hydrogen-bond donors (Lipinski definition) is 0. The molecule has 1 amide bonds. The van der Waals surface area contributed by atoms with E-state index in [2.05, 4.69) is 0 Å². The molecule has 98 valence electrons. The van der Waals surface area contributed by atoms with E-state index in [1.165, 1.54) is 0 Å². The lowest BCUT2D eigenvalue weighted by atomic mass is 10.1.